The molecule has 0 radical (unpaired) electrons. The fraction of sp³-hybridized carbons (Fsp3) is 0.870. The zero-order chi connectivity index (χ0) is 23.3. The van der Waals surface area contributed by atoms with Crippen LogP contribution in [0.15, 0.2) is 0 Å². The number of hydrogen-bond acceptors (Lipinski definition) is 5. The Balaban J connectivity index is 5.15. The predicted octanol–water partition coefficient (Wildman–Crippen LogP) is 4.49. The second-order valence-corrected chi connectivity index (χ2v) is 8.63. The number of ether oxygens (including phenoxy) is 2. The van der Waals surface area contributed by atoms with Crippen molar-refractivity contribution < 1.29 is 23.9 Å². The van der Waals surface area contributed by atoms with E-state index in [1.54, 1.807) is 14.1 Å². The van der Waals surface area contributed by atoms with Crippen molar-refractivity contribution in [3.63, 3.8) is 0 Å². The summed E-state index contributed by atoms with van der Waals surface area (Å²) in [4.78, 5) is 41.1. The molecule has 7 nitrogen and oxygen atoms in total. The summed E-state index contributed by atoms with van der Waals surface area (Å²) in [5.41, 5.74) is 0. The van der Waals surface area contributed by atoms with Gasteiger partial charge in [-0.3, -0.25) is 9.69 Å². The molecule has 2 amide bonds. The molecule has 0 aromatic carbocycles. The fourth-order valence-electron chi connectivity index (χ4n) is 3.49. The van der Waals surface area contributed by atoms with E-state index in [9.17, 15) is 14.4 Å². The number of esters is 1. The molecule has 0 saturated heterocycles. The molecule has 2 unspecified atom stereocenters. The third-order valence-electron chi connectivity index (χ3n) is 5.15. The summed E-state index contributed by atoms with van der Waals surface area (Å²) in [6.45, 7) is 12.3. The lowest BCUT2D eigenvalue weighted by molar-refractivity contribution is -0.158. The van der Waals surface area contributed by atoms with E-state index in [0.717, 1.165) is 19.3 Å². The Labute approximate surface area is 183 Å². The first-order chi connectivity index (χ1) is 14.1. The van der Waals surface area contributed by atoms with Crippen LogP contribution < -0.4 is 0 Å². The Morgan fingerprint density at radius 3 is 1.77 bits per heavy atom. The summed E-state index contributed by atoms with van der Waals surface area (Å²) in [5.74, 6) is -0.937. The maximum atomic E-state index is 13.3. The molecule has 0 saturated carbocycles. The van der Waals surface area contributed by atoms with Gasteiger partial charge in [0.1, 0.15) is 12.1 Å². The van der Waals surface area contributed by atoms with E-state index in [1.165, 1.54) is 22.6 Å². The number of likely N-dealkylation sites (N-methyl/N-ethyl adjacent to an activating group) is 2. The van der Waals surface area contributed by atoms with E-state index >= 15 is 0 Å². The lowest BCUT2D eigenvalue weighted by atomic mass is 9.98. The maximum absolute atomic E-state index is 13.3. The molecule has 0 rings (SSSR count). The third-order valence-corrected chi connectivity index (χ3v) is 5.15. The number of carbonyl (C=O) groups is 3. The lowest BCUT2D eigenvalue weighted by Crippen LogP contribution is -2.56. The minimum absolute atomic E-state index is 0.114. The minimum atomic E-state index is -0.720. The van der Waals surface area contributed by atoms with Gasteiger partial charge >= 0.3 is 12.1 Å². The van der Waals surface area contributed by atoms with Crippen molar-refractivity contribution in [2.75, 3.05) is 27.3 Å². The Bertz CT molecular complexity index is 522. The Hall–Kier alpha value is -1.79. The van der Waals surface area contributed by atoms with Crippen molar-refractivity contribution in [3.05, 3.63) is 0 Å². The maximum Gasteiger partial charge on any atom is 0.410 e. The summed E-state index contributed by atoms with van der Waals surface area (Å²) in [7, 11) is 3.17. The summed E-state index contributed by atoms with van der Waals surface area (Å²) in [6.07, 6.45) is 5.52. The molecule has 0 aliphatic rings. The van der Waals surface area contributed by atoms with Gasteiger partial charge in [-0.1, -0.05) is 67.2 Å². The molecule has 0 heterocycles. The standard InChI is InChI=1S/C23H44N2O5/c1-9-11-12-13-14-16-29-22(27)20(18(5)6)24(7)21(26)19(17(3)4)25(8)23(28)30-15-10-2/h17-20H,9-16H2,1-8H3. The smallest absolute Gasteiger partial charge is 0.410 e. The molecule has 0 aromatic heterocycles. The average molecular weight is 429 g/mol. The van der Waals surface area contributed by atoms with Crippen LogP contribution in [0.2, 0.25) is 0 Å². The second-order valence-electron chi connectivity index (χ2n) is 8.63. The van der Waals surface area contributed by atoms with Crippen LogP contribution in [-0.4, -0.2) is 67.2 Å². The van der Waals surface area contributed by atoms with Gasteiger partial charge in [-0.15, -0.1) is 0 Å². The highest BCUT2D eigenvalue weighted by molar-refractivity contribution is 5.89. The summed E-state index contributed by atoms with van der Waals surface area (Å²) < 4.78 is 10.7. The quantitative estimate of drug-likeness (QED) is 0.301. The lowest BCUT2D eigenvalue weighted by Gasteiger charge is -2.36. The van der Waals surface area contributed by atoms with Crippen molar-refractivity contribution in [3.8, 4) is 0 Å². The summed E-state index contributed by atoms with van der Waals surface area (Å²) in [6, 6.07) is -1.42. The number of nitrogens with zero attached hydrogens (tertiary/aromatic N) is 2. The van der Waals surface area contributed by atoms with Crippen molar-refractivity contribution in [2.24, 2.45) is 11.8 Å². The molecule has 0 spiro atoms. The van der Waals surface area contributed by atoms with E-state index < -0.39 is 24.1 Å². The SMILES string of the molecule is CCCCCCCOC(=O)C(C(C)C)N(C)C(=O)C(C(C)C)N(C)C(=O)OCCC. The Kier molecular flexibility index (Phi) is 14.2. The van der Waals surface area contributed by atoms with Crippen molar-refractivity contribution >= 4 is 18.0 Å². The first-order valence-electron chi connectivity index (χ1n) is 11.4. The first-order valence-corrected chi connectivity index (χ1v) is 11.4. The van der Waals surface area contributed by atoms with Gasteiger partial charge in [0.25, 0.3) is 0 Å². The third kappa shape index (κ3) is 9.35. The largest absolute Gasteiger partial charge is 0.464 e. The molecule has 176 valence electrons. The zero-order valence-electron chi connectivity index (χ0n) is 20.4. The number of carbonyl (C=O) groups excluding carboxylic acids is 3. The van der Waals surface area contributed by atoms with E-state index in [4.69, 9.17) is 9.47 Å². The molecule has 30 heavy (non-hydrogen) atoms. The van der Waals surface area contributed by atoms with Crippen LogP contribution in [0.5, 0.6) is 0 Å². The van der Waals surface area contributed by atoms with E-state index in [0.29, 0.717) is 19.6 Å². The molecule has 0 fully saturated rings. The van der Waals surface area contributed by atoms with Gasteiger partial charge in [0.05, 0.1) is 13.2 Å². The van der Waals surface area contributed by atoms with Gasteiger partial charge in [-0.2, -0.15) is 0 Å². The van der Waals surface area contributed by atoms with Gasteiger partial charge in [0, 0.05) is 14.1 Å². The number of hydrogen-bond donors (Lipinski definition) is 0. The molecule has 0 aromatic rings. The van der Waals surface area contributed by atoms with Crippen LogP contribution in [-0.2, 0) is 19.1 Å². The summed E-state index contributed by atoms with van der Waals surface area (Å²) >= 11 is 0. The van der Waals surface area contributed by atoms with Crippen LogP contribution in [0.3, 0.4) is 0 Å². The molecule has 2 atom stereocenters. The molecule has 0 aliphatic heterocycles. The zero-order valence-corrected chi connectivity index (χ0v) is 20.4. The van der Waals surface area contributed by atoms with Crippen molar-refractivity contribution in [1.82, 2.24) is 9.80 Å². The van der Waals surface area contributed by atoms with Gasteiger partial charge < -0.3 is 14.4 Å². The Morgan fingerprint density at radius 1 is 0.700 bits per heavy atom. The van der Waals surface area contributed by atoms with Crippen molar-refractivity contribution in [1.29, 1.82) is 0 Å². The van der Waals surface area contributed by atoms with Gasteiger partial charge in [0.15, 0.2) is 0 Å². The molecule has 0 bridgehead atoms. The van der Waals surface area contributed by atoms with E-state index in [2.05, 4.69) is 6.92 Å². The van der Waals surface area contributed by atoms with Gasteiger partial charge in [-0.05, 0) is 24.7 Å². The normalized spacial score (nSPS) is 13.1. The van der Waals surface area contributed by atoms with E-state index in [1.807, 2.05) is 34.6 Å². The van der Waals surface area contributed by atoms with Gasteiger partial charge in [0.2, 0.25) is 5.91 Å². The number of unbranched alkanes of at least 4 members (excludes halogenated alkanes) is 4. The predicted molar refractivity (Wildman–Crippen MR) is 119 cm³/mol. The molecular formula is C23H44N2O5. The highest BCUT2D eigenvalue weighted by Crippen LogP contribution is 2.19. The monoisotopic (exact) mass is 428 g/mol. The first kappa shape index (κ1) is 28.2. The van der Waals surface area contributed by atoms with Crippen LogP contribution in [0, 0.1) is 11.8 Å². The Morgan fingerprint density at radius 2 is 1.27 bits per heavy atom. The molecular weight excluding hydrogens is 384 g/mol. The topological polar surface area (TPSA) is 76.2 Å². The van der Waals surface area contributed by atoms with Crippen LogP contribution in [0.4, 0.5) is 4.79 Å². The number of amides is 2. The van der Waals surface area contributed by atoms with E-state index in [-0.39, 0.29) is 17.7 Å². The molecule has 0 aliphatic carbocycles. The van der Waals surface area contributed by atoms with Gasteiger partial charge in [-0.25, -0.2) is 9.59 Å². The van der Waals surface area contributed by atoms with Crippen LogP contribution in [0.25, 0.3) is 0 Å². The molecule has 0 N–H and O–H groups in total. The average Bonchev–Trinajstić information content (AvgIpc) is 2.68. The second kappa shape index (κ2) is 15.1. The highest BCUT2D eigenvalue weighted by atomic mass is 16.6. The van der Waals surface area contributed by atoms with Crippen molar-refractivity contribution in [2.45, 2.75) is 92.2 Å². The summed E-state index contributed by atoms with van der Waals surface area (Å²) in [5, 5.41) is 0. The minimum Gasteiger partial charge on any atom is -0.464 e. The fourth-order valence-corrected chi connectivity index (χ4v) is 3.49. The highest BCUT2D eigenvalue weighted by Gasteiger charge is 2.38. The van der Waals surface area contributed by atoms with Crippen LogP contribution in [0.1, 0.15) is 80.1 Å². The van der Waals surface area contributed by atoms with Crippen LogP contribution >= 0.6 is 0 Å². The molecule has 7 heteroatoms. The number of rotatable bonds is 14.